The van der Waals surface area contributed by atoms with Gasteiger partial charge in [-0.2, -0.15) is 0 Å². The molecule has 1 aromatic heterocycles. The zero-order valence-corrected chi connectivity index (χ0v) is 22.1. The topological polar surface area (TPSA) is 110 Å². The average Bonchev–Trinajstić information content (AvgIpc) is 3.26. The Bertz CT molecular complexity index is 1150. The van der Waals surface area contributed by atoms with Crippen molar-refractivity contribution in [3.8, 4) is 0 Å². The van der Waals surface area contributed by atoms with E-state index in [-0.39, 0.29) is 12.2 Å². The Morgan fingerprint density at radius 3 is 2.53 bits per heavy atom. The molecule has 1 N–H and O–H groups in total. The van der Waals surface area contributed by atoms with E-state index >= 15 is 0 Å². The van der Waals surface area contributed by atoms with Crippen molar-refractivity contribution in [2.45, 2.75) is 83.1 Å². The van der Waals surface area contributed by atoms with Gasteiger partial charge >= 0.3 is 5.97 Å². The average molecular weight is 517 g/mol. The SMILES string of the molecule is Cc1ncc2c(c1C1(C(=O)O)CCC(ON=[N+]([O-])N(C)C(C)(C)C)CC1)CO[C@H]2c1ccc(Cl)cc1. The van der Waals surface area contributed by atoms with Crippen molar-refractivity contribution in [2.75, 3.05) is 7.05 Å². The molecule has 0 radical (unpaired) electrons. The highest BCUT2D eigenvalue weighted by Crippen LogP contribution is 2.47. The number of hydrogen-bond acceptors (Lipinski definition) is 6. The molecule has 4 rings (SSSR count). The van der Waals surface area contributed by atoms with Gasteiger partial charge in [0.2, 0.25) is 5.28 Å². The number of hydrazine groups is 1. The van der Waals surface area contributed by atoms with Gasteiger partial charge in [0.1, 0.15) is 12.2 Å². The fourth-order valence-electron chi connectivity index (χ4n) is 5.04. The van der Waals surface area contributed by atoms with Crippen molar-refractivity contribution in [1.29, 1.82) is 0 Å². The maximum absolute atomic E-state index is 12.8. The smallest absolute Gasteiger partial charge is 0.314 e. The minimum absolute atomic E-state index is 0.315. The van der Waals surface area contributed by atoms with E-state index in [0.717, 1.165) is 22.3 Å². The molecule has 1 fully saturated rings. The molecule has 9 nitrogen and oxygen atoms in total. The fraction of sp³-hybridized carbons (Fsp3) is 0.538. The number of rotatable bonds is 6. The summed E-state index contributed by atoms with van der Waals surface area (Å²) in [5, 5.41) is 28.5. The molecule has 2 aromatic rings. The molecule has 0 amide bonds. The number of aromatic nitrogens is 1. The van der Waals surface area contributed by atoms with Gasteiger partial charge in [0.05, 0.1) is 29.6 Å². The molecule has 1 aliphatic heterocycles. The normalized spacial score (nSPS) is 24.3. The van der Waals surface area contributed by atoms with Crippen LogP contribution in [0.5, 0.6) is 0 Å². The van der Waals surface area contributed by atoms with Crippen LogP contribution in [0.2, 0.25) is 5.02 Å². The lowest BCUT2D eigenvalue weighted by Crippen LogP contribution is -2.44. The van der Waals surface area contributed by atoms with Gasteiger partial charge in [-0.3, -0.25) is 9.78 Å². The minimum atomic E-state index is -1.11. The van der Waals surface area contributed by atoms with E-state index in [1.807, 2.05) is 52.0 Å². The number of aliphatic carboxylic acids is 1. The lowest BCUT2D eigenvalue weighted by molar-refractivity contribution is -0.720. The second-order valence-corrected chi connectivity index (χ2v) is 11.1. The summed E-state index contributed by atoms with van der Waals surface area (Å²) in [6.07, 6.45) is 2.72. The first kappa shape index (κ1) is 26.2. The van der Waals surface area contributed by atoms with Gasteiger partial charge in [-0.05, 0) is 82.2 Å². The second kappa shape index (κ2) is 9.86. The Kier molecular flexibility index (Phi) is 7.16. The zero-order valence-electron chi connectivity index (χ0n) is 21.3. The van der Waals surface area contributed by atoms with Crippen molar-refractivity contribution in [3.05, 3.63) is 68.6 Å². The van der Waals surface area contributed by atoms with E-state index in [1.165, 1.54) is 5.01 Å². The lowest BCUT2D eigenvalue weighted by atomic mass is 9.66. The van der Waals surface area contributed by atoms with Crippen LogP contribution in [0.25, 0.3) is 0 Å². The van der Waals surface area contributed by atoms with Gasteiger partial charge in [-0.15, -0.1) is 5.01 Å². The number of benzene rings is 1. The molecule has 0 bridgehead atoms. The summed E-state index contributed by atoms with van der Waals surface area (Å²) in [7, 11) is 1.64. The number of carboxylic acids is 1. The highest BCUT2D eigenvalue weighted by molar-refractivity contribution is 6.30. The highest BCUT2D eigenvalue weighted by Gasteiger charge is 2.48. The quantitative estimate of drug-likeness (QED) is 0.308. The van der Waals surface area contributed by atoms with Crippen LogP contribution in [-0.2, 0) is 26.4 Å². The molecular weight excluding hydrogens is 484 g/mol. The largest absolute Gasteiger partial charge is 0.569 e. The Labute approximate surface area is 216 Å². The molecule has 2 heterocycles. The molecule has 0 unspecified atom stereocenters. The number of carboxylic acid groups (broad SMARTS) is 1. The maximum Gasteiger partial charge on any atom is 0.314 e. The summed E-state index contributed by atoms with van der Waals surface area (Å²) in [6, 6.07) is 7.45. The van der Waals surface area contributed by atoms with E-state index in [2.05, 4.69) is 10.3 Å². The van der Waals surface area contributed by atoms with Gasteiger partial charge in [-0.25, -0.2) is 0 Å². The maximum atomic E-state index is 12.8. The number of halogens is 1. The molecule has 1 aliphatic carbocycles. The predicted octanol–water partition coefficient (Wildman–Crippen LogP) is 5.47. The molecule has 0 spiro atoms. The Hall–Kier alpha value is -2.91. The van der Waals surface area contributed by atoms with E-state index in [1.54, 1.807) is 13.2 Å². The summed E-state index contributed by atoms with van der Waals surface area (Å²) in [4.78, 5) is 23.3. The van der Waals surface area contributed by atoms with E-state index in [0.29, 0.717) is 48.0 Å². The molecule has 36 heavy (non-hydrogen) atoms. The Morgan fingerprint density at radius 2 is 1.94 bits per heavy atom. The van der Waals surface area contributed by atoms with Crippen LogP contribution in [0.3, 0.4) is 0 Å². The van der Waals surface area contributed by atoms with Crippen LogP contribution in [0, 0.1) is 12.1 Å². The third kappa shape index (κ3) is 4.86. The summed E-state index contributed by atoms with van der Waals surface area (Å²) in [6.45, 7) is 7.85. The van der Waals surface area contributed by atoms with Crippen LogP contribution >= 0.6 is 11.6 Å². The van der Waals surface area contributed by atoms with Crippen LogP contribution in [0.1, 0.15) is 80.5 Å². The number of pyridine rings is 1. The van der Waals surface area contributed by atoms with Gasteiger partial charge in [0.25, 0.3) is 0 Å². The van der Waals surface area contributed by atoms with Crippen molar-refractivity contribution in [1.82, 2.24) is 9.99 Å². The van der Waals surface area contributed by atoms with Gasteiger partial charge in [0, 0.05) is 22.5 Å². The van der Waals surface area contributed by atoms with E-state index in [9.17, 15) is 15.1 Å². The monoisotopic (exact) mass is 516 g/mol. The van der Waals surface area contributed by atoms with Crippen molar-refractivity contribution >= 4 is 17.6 Å². The minimum Gasteiger partial charge on any atom is -0.569 e. The number of aryl methyl sites for hydroxylation is 1. The third-order valence-corrected chi connectivity index (χ3v) is 7.68. The Balaban J connectivity index is 1.58. The number of carbonyl (C=O) groups is 1. The zero-order chi connectivity index (χ0) is 26.3. The number of hydrogen-bond donors (Lipinski definition) is 1. The molecule has 0 saturated heterocycles. The summed E-state index contributed by atoms with van der Waals surface area (Å²) in [5.41, 5.74) is 2.63. The summed E-state index contributed by atoms with van der Waals surface area (Å²) < 4.78 is 6.14. The standard InChI is InChI=1S/C26H33ClN4O5/c1-16-22(21-15-35-23(20(21)14-28-16)17-6-8-18(27)9-7-17)26(24(32)33)12-10-19(11-13-26)36-29-31(34)30(5)25(2,3)4/h6-9,14,19,23H,10-13,15H2,1-5H3,(H,32,33)/t19?,23-,26?/m0/s1. The molecule has 1 atom stereocenters. The molecule has 194 valence electrons. The predicted molar refractivity (Wildman–Crippen MR) is 133 cm³/mol. The molecule has 2 aliphatic rings. The number of ether oxygens (including phenoxy) is 1. The Morgan fingerprint density at radius 1 is 1.31 bits per heavy atom. The first-order valence-corrected chi connectivity index (χ1v) is 12.5. The number of nitrogens with zero attached hydrogens (tertiary/aromatic N) is 4. The van der Waals surface area contributed by atoms with Crippen molar-refractivity contribution in [2.24, 2.45) is 5.28 Å². The first-order chi connectivity index (χ1) is 16.9. The molecular formula is C26H33ClN4O5. The van der Waals surface area contributed by atoms with Crippen molar-refractivity contribution < 1.29 is 24.4 Å². The van der Waals surface area contributed by atoms with E-state index < -0.39 is 16.9 Å². The first-order valence-electron chi connectivity index (χ1n) is 12.1. The molecule has 10 heteroatoms. The molecule has 1 aromatic carbocycles. The number of fused-ring (bicyclic) bond motifs is 1. The summed E-state index contributed by atoms with van der Waals surface area (Å²) in [5.74, 6) is -0.885. The van der Waals surface area contributed by atoms with Gasteiger partial charge in [-0.1, -0.05) is 23.7 Å². The van der Waals surface area contributed by atoms with Crippen LogP contribution in [-0.4, -0.2) is 44.7 Å². The fourth-order valence-corrected chi connectivity index (χ4v) is 5.16. The summed E-state index contributed by atoms with van der Waals surface area (Å²) >= 11 is 6.05. The second-order valence-electron chi connectivity index (χ2n) is 10.6. The molecule has 1 saturated carbocycles. The highest BCUT2D eigenvalue weighted by atomic mass is 35.5. The van der Waals surface area contributed by atoms with Crippen LogP contribution in [0.15, 0.2) is 35.7 Å². The van der Waals surface area contributed by atoms with Crippen LogP contribution in [0.4, 0.5) is 0 Å². The lowest BCUT2D eigenvalue weighted by Gasteiger charge is -2.37. The van der Waals surface area contributed by atoms with Crippen LogP contribution < -0.4 is 0 Å². The van der Waals surface area contributed by atoms with Gasteiger partial charge < -0.3 is 19.9 Å². The van der Waals surface area contributed by atoms with E-state index in [4.69, 9.17) is 21.2 Å². The third-order valence-electron chi connectivity index (χ3n) is 7.43. The van der Waals surface area contributed by atoms with Gasteiger partial charge in [0.15, 0.2) is 0 Å². The van der Waals surface area contributed by atoms with Crippen molar-refractivity contribution in [3.63, 3.8) is 0 Å².